The number of halogens is 4. The number of nitrogens with two attached hydrogens (primary N) is 1. The van der Waals surface area contributed by atoms with Crippen LogP contribution in [0.5, 0.6) is 5.75 Å². The van der Waals surface area contributed by atoms with Crippen molar-refractivity contribution in [3.8, 4) is 5.75 Å². The third-order valence-electron chi connectivity index (χ3n) is 6.78. The Hall–Kier alpha value is -1.94. The van der Waals surface area contributed by atoms with Crippen LogP contribution in [0, 0.1) is 5.92 Å². The van der Waals surface area contributed by atoms with Gasteiger partial charge in [0, 0.05) is 16.3 Å². The van der Waals surface area contributed by atoms with E-state index < -0.39 is 28.2 Å². The lowest BCUT2D eigenvalue weighted by Gasteiger charge is -2.37. The van der Waals surface area contributed by atoms with Gasteiger partial charge in [-0.25, -0.2) is 17.2 Å². The molecule has 1 unspecified atom stereocenters. The molecule has 2 aromatic carbocycles. The van der Waals surface area contributed by atoms with E-state index in [2.05, 4.69) is 0 Å². The SMILES string of the molecule is CS(=O)(=O)c1cc(OCC2CCN(C(c3cc(Cl)cc(Cl)c3)C(F)F)CC2)c(C2CC2)cc1C(N)=O. The van der Waals surface area contributed by atoms with Gasteiger partial charge in [-0.05, 0) is 92.1 Å². The minimum absolute atomic E-state index is 0.0285. The van der Waals surface area contributed by atoms with Gasteiger partial charge in [0.25, 0.3) is 6.43 Å². The van der Waals surface area contributed by atoms with Gasteiger partial charge >= 0.3 is 0 Å². The van der Waals surface area contributed by atoms with Crippen molar-refractivity contribution >= 4 is 38.9 Å². The van der Waals surface area contributed by atoms with Crippen molar-refractivity contribution in [3.63, 3.8) is 0 Å². The van der Waals surface area contributed by atoms with Crippen LogP contribution < -0.4 is 10.5 Å². The molecule has 0 bridgehead atoms. The zero-order valence-corrected chi connectivity index (χ0v) is 22.1. The van der Waals surface area contributed by atoms with E-state index in [4.69, 9.17) is 33.7 Å². The molecule has 36 heavy (non-hydrogen) atoms. The highest BCUT2D eigenvalue weighted by Gasteiger charge is 2.34. The number of carbonyl (C=O) groups excluding carboxylic acids is 1. The lowest BCUT2D eigenvalue weighted by Crippen LogP contribution is -2.40. The zero-order chi connectivity index (χ0) is 26.2. The second kappa shape index (κ2) is 10.8. The van der Waals surface area contributed by atoms with Crippen molar-refractivity contribution in [1.82, 2.24) is 4.90 Å². The van der Waals surface area contributed by atoms with Crippen LogP contribution in [0.3, 0.4) is 0 Å². The minimum atomic E-state index is -3.70. The smallest absolute Gasteiger partial charge is 0.258 e. The molecule has 0 spiro atoms. The van der Waals surface area contributed by atoms with Crippen molar-refractivity contribution in [2.24, 2.45) is 11.7 Å². The molecule has 1 aliphatic carbocycles. The lowest BCUT2D eigenvalue weighted by molar-refractivity contribution is 0.00318. The molecule has 2 aliphatic rings. The van der Waals surface area contributed by atoms with Crippen LogP contribution in [0.25, 0.3) is 0 Å². The first-order chi connectivity index (χ1) is 16.9. The maximum atomic E-state index is 14.0. The number of primary amides is 1. The fourth-order valence-electron chi connectivity index (χ4n) is 4.78. The first-order valence-electron chi connectivity index (χ1n) is 11.7. The highest BCUT2D eigenvalue weighted by molar-refractivity contribution is 7.90. The molecule has 1 saturated heterocycles. The van der Waals surface area contributed by atoms with E-state index in [0.29, 0.717) is 53.9 Å². The summed E-state index contributed by atoms with van der Waals surface area (Å²) in [6.45, 7) is 1.20. The number of ether oxygens (including phenoxy) is 1. The number of piperidine rings is 1. The number of hydrogen-bond donors (Lipinski definition) is 1. The number of nitrogens with zero attached hydrogens (tertiary/aromatic N) is 1. The van der Waals surface area contributed by atoms with Crippen LogP contribution in [0.4, 0.5) is 8.78 Å². The van der Waals surface area contributed by atoms with E-state index in [1.165, 1.54) is 30.3 Å². The van der Waals surface area contributed by atoms with Crippen molar-refractivity contribution in [3.05, 3.63) is 57.1 Å². The second-order valence-corrected chi connectivity index (χ2v) is 12.4. The average Bonchev–Trinajstić information content (AvgIpc) is 3.62. The molecule has 2 fully saturated rings. The minimum Gasteiger partial charge on any atom is -0.493 e. The Bertz CT molecular complexity index is 1230. The molecule has 1 aliphatic heterocycles. The maximum absolute atomic E-state index is 14.0. The molecule has 6 nitrogen and oxygen atoms in total. The van der Waals surface area contributed by atoms with Crippen molar-refractivity contribution < 1.29 is 26.7 Å². The van der Waals surface area contributed by atoms with E-state index in [0.717, 1.165) is 24.7 Å². The van der Waals surface area contributed by atoms with E-state index in [-0.39, 0.29) is 22.3 Å². The summed E-state index contributed by atoms with van der Waals surface area (Å²) in [5.74, 6) is -0.0628. The summed E-state index contributed by atoms with van der Waals surface area (Å²) >= 11 is 12.1. The first kappa shape index (κ1) is 27.1. The van der Waals surface area contributed by atoms with Gasteiger partial charge in [-0.3, -0.25) is 9.69 Å². The quantitative estimate of drug-likeness (QED) is 0.439. The summed E-state index contributed by atoms with van der Waals surface area (Å²) in [5.41, 5.74) is 6.58. The number of carbonyl (C=O) groups is 1. The van der Waals surface area contributed by atoms with Gasteiger partial charge in [0.2, 0.25) is 5.91 Å². The normalized spacial score (nSPS) is 18.4. The monoisotopic (exact) mass is 560 g/mol. The Morgan fingerprint density at radius 2 is 1.69 bits per heavy atom. The highest BCUT2D eigenvalue weighted by Crippen LogP contribution is 2.46. The van der Waals surface area contributed by atoms with Crippen LogP contribution in [0.15, 0.2) is 35.2 Å². The number of alkyl halides is 2. The molecule has 1 atom stereocenters. The Kier molecular flexibility index (Phi) is 8.14. The number of benzene rings is 2. The number of amides is 1. The molecule has 4 rings (SSSR count). The average molecular weight is 561 g/mol. The predicted octanol–water partition coefficient (Wildman–Crippen LogP) is 5.47. The van der Waals surface area contributed by atoms with Gasteiger partial charge in [-0.2, -0.15) is 0 Å². The molecule has 2 N–H and O–H groups in total. The molecule has 2 aromatic rings. The van der Waals surface area contributed by atoms with Crippen molar-refractivity contribution in [2.45, 2.75) is 49.0 Å². The number of rotatable bonds is 9. The second-order valence-electron chi connectivity index (χ2n) is 9.57. The summed E-state index contributed by atoms with van der Waals surface area (Å²) in [5, 5.41) is 0.627. The van der Waals surface area contributed by atoms with Gasteiger partial charge < -0.3 is 10.5 Å². The molecule has 1 heterocycles. The number of hydrogen-bond acceptors (Lipinski definition) is 5. The summed E-state index contributed by atoms with van der Waals surface area (Å²) < 4.78 is 58.7. The van der Waals surface area contributed by atoms with Gasteiger partial charge in [-0.15, -0.1) is 0 Å². The van der Waals surface area contributed by atoms with Gasteiger partial charge in [0.15, 0.2) is 9.84 Å². The third-order valence-corrected chi connectivity index (χ3v) is 8.35. The van der Waals surface area contributed by atoms with E-state index >= 15 is 0 Å². The van der Waals surface area contributed by atoms with Gasteiger partial charge in [0.1, 0.15) is 5.75 Å². The standard InChI is InChI=1S/C25H28Cl2F2N2O4S/c1-36(33,34)22-12-21(19(15-2-3-15)11-20(22)25(30)32)35-13-14-4-6-31(7-5-14)23(24(28)29)16-8-17(26)10-18(27)9-16/h8-12,14-15,23-24H,2-7,13H2,1H3,(H2,30,32). The maximum Gasteiger partial charge on any atom is 0.258 e. The van der Waals surface area contributed by atoms with Crippen LogP contribution in [0.2, 0.25) is 10.0 Å². The van der Waals surface area contributed by atoms with Crippen molar-refractivity contribution in [1.29, 1.82) is 0 Å². The molecule has 1 saturated carbocycles. The summed E-state index contributed by atoms with van der Waals surface area (Å²) in [4.78, 5) is 13.5. The first-order valence-corrected chi connectivity index (χ1v) is 14.4. The summed E-state index contributed by atoms with van der Waals surface area (Å²) in [7, 11) is -3.70. The fraction of sp³-hybridized carbons (Fsp3) is 0.480. The predicted molar refractivity (Wildman–Crippen MR) is 135 cm³/mol. The van der Waals surface area contributed by atoms with Crippen LogP contribution in [-0.2, 0) is 9.84 Å². The molecule has 11 heteroatoms. The largest absolute Gasteiger partial charge is 0.493 e. The molecule has 0 radical (unpaired) electrons. The van der Waals surface area contributed by atoms with Crippen LogP contribution >= 0.6 is 23.2 Å². The lowest BCUT2D eigenvalue weighted by atomic mass is 9.94. The Morgan fingerprint density at radius 1 is 1.08 bits per heavy atom. The van der Waals surface area contributed by atoms with E-state index in [9.17, 15) is 22.0 Å². The van der Waals surface area contributed by atoms with Crippen LogP contribution in [0.1, 0.15) is 59.1 Å². The molecular weight excluding hydrogens is 533 g/mol. The molecule has 0 aromatic heterocycles. The molecule has 1 amide bonds. The Morgan fingerprint density at radius 3 is 2.19 bits per heavy atom. The topological polar surface area (TPSA) is 89.7 Å². The fourth-order valence-corrected chi connectivity index (χ4v) is 6.21. The number of sulfone groups is 1. The summed E-state index contributed by atoms with van der Waals surface area (Å²) in [6, 6.07) is 6.39. The van der Waals surface area contributed by atoms with E-state index in [1.54, 1.807) is 4.90 Å². The third kappa shape index (κ3) is 6.30. The van der Waals surface area contributed by atoms with Gasteiger partial charge in [-0.1, -0.05) is 23.2 Å². The molecular formula is C25H28Cl2F2N2O4S. The zero-order valence-electron chi connectivity index (χ0n) is 19.7. The highest BCUT2D eigenvalue weighted by atomic mass is 35.5. The number of likely N-dealkylation sites (tertiary alicyclic amines) is 1. The Labute approximate surface area is 219 Å². The Balaban J connectivity index is 1.46. The van der Waals surface area contributed by atoms with Gasteiger partial charge in [0.05, 0.1) is 23.1 Å². The van der Waals surface area contributed by atoms with E-state index in [1.807, 2.05) is 0 Å². The summed E-state index contributed by atoms with van der Waals surface area (Å²) in [6.07, 6.45) is 1.54. The van der Waals surface area contributed by atoms with Crippen LogP contribution in [-0.4, -0.2) is 51.6 Å². The van der Waals surface area contributed by atoms with Crippen molar-refractivity contribution in [2.75, 3.05) is 26.0 Å². The molecule has 196 valence electrons.